The van der Waals surface area contributed by atoms with E-state index in [-0.39, 0.29) is 18.5 Å². The quantitative estimate of drug-likeness (QED) is 0.0389. The first-order valence-corrected chi connectivity index (χ1v) is 19.7. The van der Waals surface area contributed by atoms with Crippen molar-refractivity contribution in [3.63, 3.8) is 0 Å². The van der Waals surface area contributed by atoms with Gasteiger partial charge in [-0.3, -0.25) is 4.79 Å². The summed E-state index contributed by atoms with van der Waals surface area (Å²) in [4.78, 5) is 12.0. The normalized spacial score (nSPS) is 13.5. The van der Waals surface area contributed by atoms with Crippen LogP contribution in [-0.2, 0) is 28.9 Å². The molecule has 0 aromatic heterocycles. The Bertz CT molecular complexity index is 1440. The molecule has 3 unspecified atom stereocenters. The average Bonchev–Trinajstić information content (AvgIpc) is 3.15. The van der Waals surface area contributed by atoms with Crippen LogP contribution in [0.2, 0.25) is 0 Å². The topological polar surface area (TPSA) is 120 Å². The summed E-state index contributed by atoms with van der Waals surface area (Å²) in [6.45, 7) is 10.9. The molecule has 0 radical (unpaired) electrons. The highest BCUT2D eigenvalue weighted by Gasteiger charge is 2.38. The van der Waals surface area contributed by atoms with Gasteiger partial charge < -0.3 is 33.1 Å². The molecule has 290 valence electrons. The highest BCUT2D eigenvalue weighted by atomic mass is 31.2. The van der Waals surface area contributed by atoms with E-state index in [0.29, 0.717) is 39.1 Å². The lowest BCUT2D eigenvalue weighted by Gasteiger charge is -2.36. The lowest BCUT2D eigenvalue weighted by atomic mass is 9.80. The highest BCUT2D eigenvalue weighted by molar-refractivity contribution is 7.44. The van der Waals surface area contributed by atoms with Gasteiger partial charge >= 0.3 is 5.97 Å². The summed E-state index contributed by atoms with van der Waals surface area (Å²) in [6.07, 6.45) is 2.67. The Morgan fingerprint density at radius 3 is 1.81 bits per heavy atom. The van der Waals surface area contributed by atoms with Crippen molar-refractivity contribution >= 4 is 14.5 Å². The van der Waals surface area contributed by atoms with Crippen molar-refractivity contribution in [2.24, 2.45) is 0 Å². The number of benzene rings is 3. The predicted octanol–water partition coefficient (Wildman–Crippen LogP) is 8.94. The average molecular weight is 751 g/mol. The summed E-state index contributed by atoms with van der Waals surface area (Å²) < 4.78 is 37.8. The van der Waals surface area contributed by atoms with Crippen LogP contribution >= 0.6 is 8.53 Å². The van der Waals surface area contributed by atoms with Gasteiger partial charge in [-0.05, 0) is 94.3 Å². The number of nitriles is 1. The number of hydrogen-bond acceptors (Lipinski definition) is 10. The zero-order valence-electron chi connectivity index (χ0n) is 32.5. The van der Waals surface area contributed by atoms with Gasteiger partial charge in [0.25, 0.3) is 8.53 Å². The molecule has 0 spiro atoms. The first-order valence-electron chi connectivity index (χ1n) is 18.6. The molecule has 1 N–H and O–H groups in total. The third-order valence-electron chi connectivity index (χ3n) is 8.88. The Morgan fingerprint density at radius 2 is 1.30 bits per heavy atom. The van der Waals surface area contributed by atoms with E-state index in [2.05, 4.69) is 50.6 Å². The van der Waals surface area contributed by atoms with Gasteiger partial charge in [0.1, 0.15) is 23.2 Å². The number of unbranched alkanes of at least 4 members (excludes halogenated alkanes) is 2. The second-order valence-electron chi connectivity index (χ2n) is 13.4. The summed E-state index contributed by atoms with van der Waals surface area (Å²) >= 11 is 0. The van der Waals surface area contributed by atoms with E-state index in [1.54, 1.807) is 14.2 Å². The fraction of sp³-hybridized carbons (Fsp3) is 0.524. The van der Waals surface area contributed by atoms with Crippen LogP contribution in [0.5, 0.6) is 11.5 Å². The number of methoxy groups -OCH3 is 2. The summed E-state index contributed by atoms with van der Waals surface area (Å²) in [5.74, 6) is 1.10. The van der Waals surface area contributed by atoms with Gasteiger partial charge in [-0.2, -0.15) is 5.26 Å². The SMILES string of the molecule is COc1ccc(C(OCCCCCC(O)C(CCCOP(OCCC#N)N(C(C)C)C(C)C)OC(C)=O)(c2ccccc2)c2ccc(OC)cc2)cc1. The van der Waals surface area contributed by atoms with E-state index >= 15 is 0 Å². The van der Waals surface area contributed by atoms with Crippen LogP contribution in [0.15, 0.2) is 78.9 Å². The summed E-state index contributed by atoms with van der Waals surface area (Å²) in [7, 11) is 1.94. The van der Waals surface area contributed by atoms with Gasteiger partial charge in [-0.1, -0.05) is 67.4 Å². The van der Waals surface area contributed by atoms with E-state index in [1.807, 2.05) is 66.7 Å². The minimum atomic E-state index is -1.36. The maximum atomic E-state index is 12.0. The molecular formula is C42H59N2O8P. The molecule has 0 heterocycles. The number of carbonyl (C=O) groups excluding carboxylic acids is 1. The minimum Gasteiger partial charge on any atom is -0.497 e. The second kappa shape index (κ2) is 23.3. The summed E-state index contributed by atoms with van der Waals surface area (Å²) in [5.41, 5.74) is 2.06. The molecule has 10 nitrogen and oxygen atoms in total. The zero-order chi connectivity index (χ0) is 38.6. The number of aliphatic hydroxyl groups is 1. The molecule has 0 amide bonds. The Hall–Kier alpha value is -3.55. The Balaban J connectivity index is 1.63. The van der Waals surface area contributed by atoms with E-state index in [9.17, 15) is 9.90 Å². The molecule has 0 aliphatic carbocycles. The number of rotatable bonds is 25. The second-order valence-corrected chi connectivity index (χ2v) is 14.9. The molecule has 3 rings (SSSR count). The van der Waals surface area contributed by atoms with Crippen molar-refractivity contribution < 1.29 is 37.9 Å². The molecule has 53 heavy (non-hydrogen) atoms. The maximum Gasteiger partial charge on any atom is 0.302 e. The molecule has 0 saturated heterocycles. The van der Waals surface area contributed by atoms with Crippen molar-refractivity contribution in [1.29, 1.82) is 5.26 Å². The fourth-order valence-corrected chi connectivity index (χ4v) is 8.03. The lowest BCUT2D eigenvalue weighted by Crippen LogP contribution is -2.34. The van der Waals surface area contributed by atoms with Gasteiger partial charge in [-0.25, -0.2) is 4.67 Å². The smallest absolute Gasteiger partial charge is 0.302 e. The van der Waals surface area contributed by atoms with Crippen LogP contribution in [-0.4, -0.2) is 74.1 Å². The number of carbonyl (C=O) groups is 1. The van der Waals surface area contributed by atoms with Crippen molar-refractivity contribution in [3.05, 3.63) is 95.6 Å². The van der Waals surface area contributed by atoms with Gasteiger partial charge in [0.05, 0.1) is 46.0 Å². The molecule has 3 aromatic rings. The molecule has 3 aromatic carbocycles. The number of hydrogen-bond donors (Lipinski definition) is 1. The maximum absolute atomic E-state index is 12.0. The number of aliphatic hydroxyl groups excluding tert-OH is 1. The van der Waals surface area contributed by atoms with Crippen LogP contribution in [0.25, 0.3) is 0 Å². The van der Waals surface area contributed by atoms with E-state index in [4.69, 9.17) is 33.3 Å². The Labute approximate surface area is 318 Å². The molecule has 3 atom stereocenters. The molecule has 0 saturated carbocycles. The minimum absolute atomic E-state index is 0.198. The van der Waals surface area contributed by atoms with Crippen LogP contribution in [0, 0.1) is 11.3 Å². The van der Waals surface area contributed by atoms with E-state index < -0.39 is 32.3 Å². The van der Waals surface area contributed by atoms with E-state index in [0.717, 1.165) is 47.5 Å². The standard InChI is InChI=1S/C42H59N2O8P/c1-32(2)44(33(3)4)53(51-31-15-28-43)50-30-14-19-41(52-34(5)45)40(46)18-12-9-13-29-49-42(35-16-10-8-11-17-35,36-20-24-38(47-6)25-21-36)37-22-26-39(48-7)27-23-37/h8,10-11,16-17,20-27,32-33,40-41,46H,9,12-15,18-19,29-31H2,1-7H3. The largest absolute Gasteiger partial charge is 0.497 e. The van der Waals surface area contributed by atoms with Crippen molar-refractivity contribution in [1.82, 2.24) is 4.67 Å². The number of nitrogens with zero attached hydrogens (tertiary/aromatic N) is 2. The third-order valence-corrected chi connectivity index (χ3v) is 11.0. The molecule has 0 bridgehead atoms. The van der Waals surface area contributed by atoms with Gasteiger partial charge in [-0.15, -0.1) is 0 Å². The number of ether oxygens (including phenoxy) is 4. The van der Waals surface area contributed by atoms with Crippen molar-refractivity contribution in [2.45, 2.75) is 109 Å². The Kier molecular flexibility index (Phi) is 19.3. The van der Waals surface area contributed by atoms with Crippen LogP contribution < -0.4 is 9.47 Å². The van der Waals surface area contributed by atoms with Gasteiger partial charge in [0.15, 0.2) is 0 Å². The van der Waals surface area contributed by atoms with Crippen LogP contribution in [0.4, 0.5) is 0 Å². The monoisotopic (exact) mass is 750 g/mol. The first-order chi connectivity index (χ1) is 25.6. The van der Waals surface area contributed by atoms with Crippen molar-refractivity contribution in [2.75, 3.05) is 34.0 Å². The Morgan fingerprint density at radius 1 is 0.755 bits per heavy atom. The predicted molar refractivity (Wildman–Crippen MR) is 209 cm³/mol. The summed E-state index contributed by atoms with van der Waals surface area (Å²) in [5, 5.41) is 20.1. The molecule has 11 heteroatoms. The molecular weight excluding hydrogens is 691 g/mol. The van der Waals surface area contributed by atoms with Gasteiger partial charge in [0.2, 0.25) is 0 Å². The summed E-state index contributed by atoms with van der Waals surface area (Å²) in [6, 6.07) is 28.7. The van der Waals surface area contributed by atoms with Crippen LogP contribution in [0.3, 0.4) is 0 Å². The molecule has 0 aliphatic rings. The zero-order valence-corrected chi connectivity index (χ0v) is 33.4. The number of esters is 1. The van der Waals surface area contributed by atoms with Crippen LogP contribution in [0.1, 0.15) is 96.3 Å². The third kappa shape index (κ3) is 13.4. The molecule has 0 fully saturated rings. The highest BCUT2D eigenvalue weighted by Crippen LogP contribution is 2.46. The van der Waals surface area contributed by atoms with Gasteiger partial charge in [0, 0.05) is 25.6 Å². The molecule has 0 aliphatic heterocycles. The van der Waals surface area contributed by atoms with E-state index in [1.165, 1.54) is 6.92 Å². The first kappa shape index (κ1) is 43.9. The lowest BCUT2D eigenvalue weighted by molar-refractivity contribution is -0.153. The fourth-order valence-electron chi connectivity index (χ4n) is 6.40. The van der Waals surface area contributed by atoms with Crippen molar-refractivity contribution in [3.8, 4) is 17.6 Å².